The summed E-state index contributed by atoms with van der Waals surface area (Å²) in [5.74, 6) is -7.43. The quantitative estimate of drug-likeness (QED) is 0.0777. The molecule has 1 amide bonds. The van der Waals surface area contributed by atoms with Crippen LogP contribution in [0.5, 0.6) is 0 Å². The van der Waals surface area contributed by atoms with E-state index in [1.165, 1.54) is 19.1 Å². The standard InChI is InChI=1S/C57H91NO15/c1-36-18-14-13-15-19-37(2)48(71-29-28-70-27-26-65-8)34-44-23-21-42(7)57(64,73-44)54(61)55(62)58-25-17-16-20-45(58)56(63)72-49(39(4)32-43-22-24-47(66-9)50(33-43)67-10)35-46(59)38(3)31-41(6)52(68-11)53(69-12)51(60)40(5)30-36/h13-15,18-19,31,36,38-40,42-45,47-50,52-53,64H,16-17,20-30,32-35H2,1-12H3/b15-13+,18-14+,37-19+,41-31+/t36-,38-,39-,40-,42-,43+,44+,45+,47-,48+,49+,50-,52-,53+,57-/m1/s1. The number of Topliss-reactive ketones (excluding diaryl/α,β-unsaturated/α-hetero) is 3. The Hall–Kier alpha value is -3.45. The number of hydrogen-bond acceptors (Lipinski definition) is 15. The number of hydrogen-bond donors (Lipinski definition) is 1. The summed E-state index contributed by atoms with van der Waals surface area (Å²) in [5.41, 5.74) is 1.51. The molecule has 1 N–H and O–H groups in total. The van der Waals surface area contributed by atoms with Gasteiger partial charge in [-0.25, -0.2) is 4.79 Å². The van der Waals surface area contributed by atoms with Gasteiger partial charge in [0.05, 0.1) is 50.8 Å². The topological polar surface area (TPSA) is 192 Å². The minimum atomic E-state index is -2.46. The lowest BCUT2D eigenvalue weighted by atomic mass is 9.78. The lowest BCUT2D eigenvalue weighted by Gasteiger charge is -2.43. The zero-order valence-electron chi connectivity index (χ0n) is 46.2. The first kappa shape index (κ1) is 62.1. The van der Waals surface area contributed by atoms with Crippen molar-refractivity contribution in [3.05, 3.63) is 47.6 Å². The van der Waals surface area contributed by atoms with E-state index >= 15 is 0 Å². The molecule has 16 heteroatoms. The molecule has 2 saturated heterocycles. The number of methoxy groups -OCH3 is 5. The normalized spacial score (nSPS) is 37.3. The summed E-state index contributed by atoms with van der Waals surface area (Å²) in [6.07, 6.45) is 13.7. The third kappa shape index (κ3) is 17.8. The Kier molecular flexibility index (Phi) is 26.3. The molecule has 16 nitrogen and oxygen atoms in total. The van der Waals surface area contributed by atoms with Crippen molar-refractivity contribution in [3.63, 3.8) is 0 Å². The van der Waals surface area contributed by atoms with Crippen LogP contribution in [0.25, 0.3) is 0 Å². The number of rotatable bonds is 14. The Labute approximate surface area is 436 Å². The number of ketones is 3. The maximum atomic E-state index is 14.6. The minimum absolute atomic E-state index is 0.0321. The summed E-state index contributed by atoms with van der Waals surface area (Å²) >= 11 is 0. The highest BCUT2D eigenvalue weighted by atomic mass is 16.6. The van der Waals surface area contributed by atoms with Gasteiger partial charge in [0.25, 0.3) is 11.7 Å². The molecule has 0 radical (unpaired) electrons. The number of piperidine rings is 1. The Balaban J connectivity index is 1.73. The van der Waals surface area contributed by atoms with E-state index < -0.39 is 71.8 Å². The van der Waals surface area contributed by atoms with Crippen LogP contribution in [0.2, 0.25) is 0 Å². The predicted molar refractivity (Wildman–Crippen MR) is 276 cm³/mol. The number of ether oxygens (including phenoxy) is 9. The Morgan fingerprint density at radius 1 is 0.767 bits per heavy atom. The number of carbonyl (C=O) groups excluding carboxylic acids is 5. The van der Waals surface area contributed by atoms with E-state index in [0.29, 0.717) is 63.9 Å². The van der Waals surface area contributed by atoms with Gasteiger partial charge >= 0.3 is 5.97 Å². The monoisotopic (exact) mass is 1030 g/mol. The molecule has 2 bridgehead atoms. The van der Waals surface area contributed by atoms with Crippen molar-refractivity contribution in [1.29, 1.82) is 0 Å². The molecule has 3 fully saturated rings. The molecule has 3 aliphatic heterocycles. The van der Waals surface area contributed by atoms with Crippen molar-refractivity contribution in [2.45, 2.75) is 180 Å². The zero-order valence-corrected chi connectivity index (χ0v) is 46.2. The van der Waals surface area contributed by atoms with E-state index in [-0.39, 0.29) is 79.9 Å². The smallest absolute Gasteiger partial charge is 0.329 e. The first-order valence-electron chi connectivity index (χ1n) is 26.9. The summed E-state index contributed by atoms with van der Waals surface area (Å²) in [7, 11) is 7.96. The zero-order chi connectivity index (χ0) is 53.8. The summed E-state index contributed by atoms with van der Waals surface area (Å²) < 4.78 is 53.0. The molecular formula is C57H91NO15. The first-order valence-corrected chi connectivity index (χ1v) is 26.9. The fraction of sp³-hybridized carbons (Fsp3) is 0.772. The first-order chi connectivity index (χ1) is 34.8. The van der Waals surface area contributed by atoms with Crippen molar-refractivity contribution >= 4 is 29.2 Å². The number of fused-ring (bicyclic) bond motifs is 3. The van der Waals surface area contributed by atoms with E-state index in [4.69, 9.17) is 42.6 Å². The lowest BCUT2D eigenvalue weighted by molar-refractivity contribution is -0.266. The molecule has 0 aromatic carbocycles. The van der Waals surface area contributed by atoms with Crippen molar-refractivity contribution < 1.29 is 71.7 Å². The molecule has 0 unspecified atom stereocenters. The van der Waals surface area contributed by atoms with Crippen LogP contribution in [0.4, 0.5) is 0 Å². The molecule has 73 heavy (non-hydrogen) atoms. The number of carbonyl (C=O) groups is 5. The second-order valence-electron chi connectivity index (χ2n) is 21.2. The number of aliphatic hydroxyl groups is 1. The van der Waals surface area contributed by atoms with Crippen molar-refractivity contribution in [2.24, 2.45) is 35.5 Å². The van der Waals surface area contributed by atoms with Gasteiger partial charge in [0, 0.05) is 72.7 Å². The average molecular weight is 1030 g/mol. The number of nitrogens with zero attached hydrogens (tertiary/aromatic N) is 1. The highest BCUT2D eigenvalue weighted by molar-refractivity contribution is 6.39. The molecule has 4 aliphatic rings. The van der Waals surface area contributed by atoms with E-state index in [0.717, 1.165) is 24.8 Å². The average Bonchev–Trinajstić information content (AvgIpc) is 3.37. The highest BCUT2D eigenvalue weighted by Gasteiger charge is 2.53. The van der Waals surface area contributed by atoms with Gasteiger partial charge in [0.15, 0.2) is 5.78 Å². The minimum Gasteiger partial charge on any atom is -0.460 e. The molecule has 0 spiro atoms. The molecular weight excluding hydrogens is 939 g/mol. The number of allylic oxidation sites excluding steroid dienone is 6. The van der Waals surface area contributed by atoms with E-state index in [9.17, 15) is 29.1 Å². The second kappa shape index (κ2) is 30.9. The highest BCUT2D eigenvalue weighted by Crippen LogP contribution is 2.38. The molecule has 4 rings (SSSR count). The molecule has 3 heterocycles. The van der Waals surface area contributed by atoms with Crippen LogP contribution in [0.15, 0.2) is 47.6 Å². The Bertz CT molecular complexity index is 1900. The van der Waals surface area contributed by atoms with Crippen molar-refractivity contribution in [2.75, 3.05) is 68.5 Å². The number of esters is 1. The third-order valence-electron chi connectivity index (χ3n) is 15.7. The van der Waals surface area contributed by atoms with Crippen molar-refractivity contribution in [1.82, 2.24) is 4.90 Å². The van der Waals surface area contributed by atoms with Gasteiger partial charge in [0.1, 0.15) is 30.1 Å². The van der Waals surface area contributed by atoms with Gasteiger partial charge in [-0.05, 0) is 107 Å². The molecule has 0 aromatic rings. The van der Waals surface area contributed by atoms with Crippen LogP contribution in [0.1, 0.15) is 126 Å². The Morgan fingerprint density at radius 3 is 2.16 bits per heavy atom. The lowest BCUT2D eigenvalue weighted by Crippen LogP contribution is -2.61. The van der Waals surface area contributed by atoms with Gasteiger partial charge < -0.3 is 52.6 Å². The fourth-order valence-electron chi connectivity index (χ4n) is 11.1. The van der Waals surface area contributed by atoms with Gasteiger partial charge in [0.2, 0.25) is 5.79 Å². The van der Waals surface area contributed by atoms with E-state index in [1.807, 2.05) is 65.0 Å². The molecule has 1 aliphatic carbocycles. The summed E-state index contributed by atoms with van der Waals surface area (Å²) in [5, 5.41) is 12.2. The van der Waals surface area contributed by atoms with Crippen LogP contribution >= 0.6 is 0 Å². The molecule has 15 atom stereocenters. The van der Waals surface area contributed by atoms with Gasteiger partial charge in [-0.3, -0.25) is 19.2 Å². The summed E-state index contributed by atoms with van der Waals surface area (Å²) in [6, 6.07) is -1.13. The molecule has 0 aromatic heterocycles. The van der Waals surface area contributed by atoms with E-state index in [2.05, 4.69) is 0 Å². The fourth-order valence-corrected chi connectivity index (χ4v) is 11.1. The van der Waals surface area contributed by atoms with Crippen LogP contribution in [0, 0.1) is 35.5 Å². The maximum absolute atomic E-state index is 14.6. The van der Waals surface area contributed by atoms with E-state index in [1.54, 1.807) is 41.3 Å². The van der Waals surface area contributed by atoms with Gasteiger partial charge in [-0.2, -0.15) is 0 Å². The number of amides is 1. The second-order valence-corrected chi connectivity index (χ2v) is 21.2. The van der Waals surface area contributed by atoms with Gasteiger partial charge in [-0.15, -0.1) is 0 Å². The molecule has 414 valence electrons. The SMILES string of the molecule is COCCOCCO[C@H]1C[C@@H]2CC[C@@H](C)[C@@](O)(O2)C(=O)C(=O)N2CCCC[C@H]2C(=O)O[C@H]([C@H](C)C[C@@H]2CC[C@@H](OC)[C@H](OC)C2)CC(=O)[C@H](C)/C=C(\C)[C@@H](OC)[C@@H](OC)C(=O)[C@H](C)C[C@H](C)/C=C/C=C/C=C/1C. The predicted octanol–water partition coefficient (Wildman–Crippen LogP) is 7.52. The van der Waals surface area contributed by atoms with Crippen LogP contribution < -0.4 is 0 Å². The van der Waals surface area contributed by atoms with Crippen LogP contribution in [-0.4, -0.2) is 162 Å². The van der Waals surface area contributed by atoms with Crippen LogP contribution in [0.3, 0.4) is 0 Å². The molecule has 1 saturated carbocycles. The number of cyclic esters (lactones) is 1. The van der Waals surface area contributed by atoms with Crippen molar-refractivity contribution in [3.8, 4) is 0 Å². The summed E-state index contributed by atoms with van der Waals surface area (Å²) in [4.78, 5) is 73.1. The maximum Gasteiger partial charge on any atom is 0.329 e. The van der Waals surface area contributed by atoms with Crippen LogP contribution in [-0.2, 0) is 66.6 Å². The Morgan fingerprint density at radius 2 is 1.48 bits per heavy atom. The largest absolute Gasteiger partial charge is 0.460 e. The third-order valence-corrected chi connectivity index (χ3v) is 15.7. The van der Waals surface area contributed by atoms with Gasteiger partial charge in [-0.1, -0.05) is 71.1 Å². The summed E-state index contributed by atoms with van der Waals surface area (Å²) in [6.45, 7) is 14.6.